The lowest BCUT2D eigenvalue weighted by Gasteiger charge is -2.30. The molecule has 0 radical (unpaired) electrons. The number of nitrogens with zero attached hydrogens (tertiary/aromatic N) is 3. The normalized spacial score (nSPS) is 13.9. The second-order valence-electron chi connectivity index (χ2n) is 7.85. The average molecular weight is 479 g/mol. The van der Waals surface area contributed by atoms with Crippen molar-refractivity contribution in [2.75, 3.05) is 29.9 Å². The van der Waals surface area contributed by atoms with Crippen LogP contribution in [0.2, 0.25) is 5.02 Å². The summed E-state index contributed by atoms with van der Waals surface area (Å²) in [5, 5.41) is 3.03. The molecule has 1 aliphatic heterocycles. The van der Waals surface area contributed by atoms with E-state index in [1.54, 1.807) is 54.9 Å². The van der Waals surface area contributed by atoms with Crippen molar-refractivity contribution in [3.63, 3.8) is 0 Å². The first-order valence-electron chi connectivity index (χ1n) is 10.9. The molecule has 2 heterocycles. The summed E-state index contributed by atoms with van der Waals surface area (Å²) in [7, 11) is 0. The van der Waals surface area contributed by atoms with Crippen LogP contribution in [0.3, 0.4) is 0 Å². The molecule has 3 aromatic rings. The number of aromatic nitrogens is 2. The first-order chi connectivity index (χ1) is 16.5. The van der Waals surface area contributed by atoms with Gasteiger partial charge in [0, 0.05) is 41.6 Å². The van der Waals surface area contributed by atoms with Gasteiger partial charge in [-0.2, -0.15) is 0 Å². The van der Waals surface area contributed by atoms with Crippen LogP contribution < -0.4 is 10.2 Å². The highest BCUT2D eigenvalue weighted by Gasteiger charge is 2.27. The number of halogens is 1. The fraction of sp³-hybridized carbons (Fsp3) is 0.240. The molecule has 1 fully saturated rings. The molecular formula is C25H23ClN4O4. The molecule has 0 atom stereocenters. The van der Waals surface area contributed by atoms with Crippen molar-refractivity contribution in [3.8, 4) is 0 Å². The largest absolute Gasteiger partial charge is 0.455 e. The van der Waals surface area contributed by atoms with Crippen molar-refractivity contribution in [2.45, 2.75) is 12.8 Å². The van der Waals surface area contributed by atoms with E-state index in [-0.39, 0.29) is 17.3 Å². The van der Waals surface area contributed by atoms with Crippen molar-refractivity contribution in [3.05, 3.63) is 83.1 Å². The SMILES string of the molecule is O=C(COC(=O)C1CCN(c2ncccn2)CC1)Nc1ccc(Cl)cc1C(=O)c1ccccc1. The highest BCUT2D eigenvalue weighted by molar-refractivity contribution is 6.31. The average Bonchev–Trinajstić information content (AvgIpc) is 2.89. The Bertz CT molecular complexity index is 1170. The van der Waals surface area contributed by atoms with Gasteiger partial charge in [-0.25, -0.2) is 9.97 Å². The lowest BCUT2D eigenvalue weighted by atomic mass is 9.97. The van der Waals surface area contributed by atoms with Crippen LogP contribution in [0, 0.1) is 5.92 Å². The molecule has 0 aliphatic carbocycles. The molecular weight excluding hydrogens is 456 g/mol. The first-order valence-corrected chi connectivity index (χ1v) is 11.3. The highest BCUT2D eigenvalue weighted by Crippen LogP contribution is 2.24. The van der Waals surface area contributed by atoms with Gasteiger partial charge in [-0.1, -0.05) is 41.9 Å². The number of carbonyl (C=O) groups is 3. The van der Waals surface area contributed by atoms with Gasteiger partial charge in [0.2, 0.25) is 5.95 Å². The molecule has 4 rings (SSSR count). The number of esters is 1. The summed E-state index contributed by atoms with van der Waals surface area (Å²) in [5.74, 6) is -0.881. The Kier molecular flexibility index (Phi) is 7.49. The van der Waals surface area contributed by atoms with Gasteiger partial charge < -0.3 is 15.0 Å². The van der Waals surface area contributed by atoms with Gasteiger partial charge in [-0.3, -0.25) is 14.4 Å². The van der Waals surface area contributed by atoms with E-state index in [1.807, 2.05) is 11.0 Å². The van der Waals surface area contributed by atoms with Gasteiger partial charge in [0.15, 0.2) is 12.4 Å². The predicted molar refractivity (Wildman–Crippen MR) is 128 cm³/mol. The van der Waals surface area contributed by atoms with Crippen molar-refractivity contribution < 1.29 is 19.1 Å². The van der Waals surface area contributed by atoms with E-state index >= 15 is 0 Å². The van der Waals surface area contributed by atoms with Crippen LogP contribution in [0.15, 0.2) is 67.0 Å². The number of ketones is 1. The minimum absolute atomic E-state index is 0.258. The summed E-state index contributed by atoms with van der Waals surface area (Å²) in [4.78, 5) is 48.3. The van der Waals surface area contributed by atoms with Crippen molar-refractivity contribution in [1.29, 1.82) is 0 Å². The fourth-order valence-electron chi connectivity index (χ4n) is 3.77. The van der Waals surface area contributed by atoms with Crippen molar-refractivity contribution in [2.24, 2.45) is 5.92 Å². The third kappa shape index (κ3) is 5.77. The monoisotopic (exact) mass is 478 g/mol. The maximum Gasteiger partial charge on any atom is 0.309 e. The number of anilines is 2. The maximum atomic E-state index is 12.9. The number of rotatable bonds is 7. The minimum atomic E-state index is -0.534. The molecule has 1 aliphatic rings. The summed E-state index contributed by atoms with van der Waals surface area (Å²) >= 11 is 6.08. The van der Waals surface area contributed by atoms with Crippen molar-refractivity contribution in [1.82, 2.24) is 9.97 Å². The highest BCUT2D eigenvalue weighted by atomic mass is 35.5. The van der Waals surface area contributed by atoms with E-state index in [4.69, 9.17) is 16.3 Å². The Hall–Kier alpha value is -3.78. The molecule has 1 aromatic heterocycles. The summed E-state index contributed by atoms with van der Waals surface area (Å²) in [6, 6.07) is 15.1. The van der Waals surface area contributed by atoms with Gasteiger partial charge in [0.1, 0.15) is 0 Å². The number of amides is 1. The third-order valence-electron chi connectivity index (χ3n) is 5.55. The van der Waals surface area contributed by atoms with Gasteiger partial charge in [-0.15, -0.1) is 0 Å². The zero-order chi connectivity index (χ0) is 23.9. The molecule has 1 N–H and O–H groups in total. The lowest BCUT2D eigenvalue weighted by molar-refractivity contribution is -0.152. The Labute approximate surface area is 201 Å². The molecule has 0 unspecified atom stereocenters. The summed E-state index contributed by atoms with van der Waals surface area (Å²) in [5.41, 5.74) is 1.03. The predicted octanol–water partition coefficient (Wildman–Crippen LogP) is 3.76. The minimum Gasteiger partial charge on any atom is -0.455 e. The summed E-state index contributed by atoms with van der Waals surface area (Å²) in [6.45, 7) is 0.819. The van der Waals surface area contributed by atoms with Crippen LogP contribution in [-0.2, 0) is 14.3 Å². The molecule has 174 valence electrons. The molecule has 1 amide bonds. The Balaban J connectivity index is 1.31. The number of hydrogen-bond donors (Lipinski definition) is 1. The van der Waals surface area contributed by atoms with E-state index in [9.17, 15) is 14.4 Å². The standard InChI is InChI=1S/C25H23ClN4O4/c26-19-7-8-21(20(15-19)23(32)17-5-2-1-3-6-17)29-22(31)16-34-24(33)18-9-13-30(14-10-18)25-27-11-4-12-28-25/h1-8,11-12,15,18H,9-10,13-14,16H2,(H,29,31). The van der Waals surface area contributed by atoms with E-state index in [0.717, 1.165) is 0 Å². The number of ether oxygens (including phenoxy) is 1. The van der Waals surface area contributed by atoms with Gasteiger partial charge in [0.25, 0.3) is 5.91 Å². The second-order valence-corrected chi connectivity index (χ2v) is 8.29. The van der Waals surface area contributed by atoms with E-state index in [1.165, 1.54) is 6.07 Å². The first kappa shape index (κ1) is 23.4. The molecule has 0 bridgehead atoms. The molecule has 34 heavy (non-hydrogen) atoms. The van der Waals surface area contributed by atoms with Gasteiger partial charge in [-0.05, 0) is 37.1 Å². The Morgan fingerprint density at radius 3 is 2.41 bits per heavy atom. The van der Waals surface area contributed by atoms with E-state index < -0.39 is 18.5 Å². The second kappa shape index (κ2) is 10.9. The van der Waals surface area contributed by atoms with Gasteiger partial charge >= 0.3 is 5.97 Å². The van der Waals surface area contributed by atoms with Crippen LogP contribution in [-0.4, -0.2) is 47.3 Å². The van der Waals surface area contributed by atoms with Crippen LogP contribution in [0.5, 0.6) is 0 Å². The van der Waals surface area contributed by atoms with Crippen LogP contribution in [0.4, 0.5) is 11.6 Å². The third-order valence-corrected chi connectivity index (χ3v) is 5.78. The topological polar surface area (TPSA) is 101 Å². The molecule has 2 aromatic carbocycles. The fourth-order valence-corrected chi connectivity index (χ4v) is 3.94. The quantitative estimate of drug-likeness (QED) is 0.407. The molecule has 0 spiro atoms. The van der Waals surface area contributed by atoms with Crippen LogP contribution in [0.25, 0.3) is 0 Å². The zero-order valence-corrected chi connectivity index (χ0v) is 19.1. The smallest absolute Gasteiger partial charge is 0.309 e. The summed E-state index contributed by atoms with van der Waals surface area (Å²) < 4.78 is 5.25. The molecule has 8 nitrogen and oxygen atoms in total. The Morgan fingerprint density at radius 2 is 1.71 bits per heavy atom. The van der Waals surface area contributed by atoms with E-state index in [0.29, 0.717) is 48.2 Å². The maximum absolute atomic E-state index is 12.9. The Morgan fingerprint density at radius 1 is 1.00 bits per heavy atom. The number of hydrogen-bond acceptors (Lipinski definition) is 7. The lowest BCUT2D eigenvalue weighted by Crippen LogP contribution is -2.38. The number of benzene rings is 2. The summed E-state index contributed by atoms with van der Waals surface area (Å²) in [6.07, 6.45) is 4.54. The number of piperidine rings is 1. The number of nitrogens with one attached hydrogen (secondary N) is 1. The number of carbonyl (C=O) groups excluding carboxylic acids is 3. The van der Waals surface area contributed by atoms with Crippen LogP contribution >= 0.6 is 11.6 Å². The van der Waals surface area contributed by atoms with Gasteiger partial charge in [0.05, 0.1) is 11.6 Å². The molecule has 1 saturated heterocycles. The van der Waals surface area contributed by atoms with E-state index in [2.05, 4.69) is 15.3 Å². The molecule has 0 saturated carbocycles. The van der Waals surface area contributed by atoms with Crippen molar-refractivity contribution >= 4 is 40.9 Å². The molecule has 9 heteroatoms. The van der Waals surface area contributed by atoms with Crippen LogP contribution in [0.1, 0.15) is 28.8 Å². The zero-order valence-electron chi connectivity index (χ0n) is 18.3.